The molecular formula is C9H16O8. The molecule has 1 aliphatic rings. The van der Waals surface area contributed by atoms with Gasteiger partial charge in [-0.25, -0.2) is 4.79 Å². The minimum atomic E-state index is -1.65. The Morgan fingerprint density at radius 1 is 1.35 bits per heavy atom. The Kier molecular flexibility index (Phi) is 4.80. The topological polar surface area (TPSA) is 137 Å². The molecule has 0 aromatic heterocycles. The first kappa shape index (κ1) is 14.3. The van der Waals surface area contributed by atoms with E-state index in [2.05, 4.69) is 0 Å². The lowest BCUT2D eigenvalue weighted by Crippen LogP contribution is -2.60. The van der Waals surface area contributed by atoms with Crippen molar-refractivity contribution in [3.05, 3.63) is 0 Å². The van der Waals surface area contributed by atoms with Crippen LogP contribution in [-0.2, 0) is 14.3 Å². The lowest BCUT2D eigenvalue weighted by molar-refractivity contribution is -0.298. The van der Waals surface area contributed by atoms with Crippen LogP contribution in [0.25, 0.3) is 0 Å². The van der Waals surface area contributed by atoms with Crippen LogP contribution < -0.4 is 0 Å². The van der Waals surface area contributed by atoms with Gasteiger partial charge in [-0.1, -0.05) is 0 Å². The molecule has 1 aliphatic heterocycles. The maximum atomic E-state index is 10.6. The number of carbonyl (C=O) groups is 1. The molecular weight excluding hydrogens is 236 g/mol. The van der Waals surface area contributed by atoms with Gasteiger partial charge in [-0.2, -0.15) is 0 Å². The molecule has 0 spiro atoms. The second-order valence-corrected chi connectivity index (χ2v) is 3.81. The van der Waals surface area contributed by atoms with E-state index in [9.17, 15) is 20.1 Å². The SMILES string of the molecule is C[C@@H](O[C@@H]1[C@@H](O)[C@@H](O)O[C@H](CO)[C@H]1O)C(=O)O. The summed E-state index contributed by atoms with van der Waals surface area (Å²) in [5, 5.41) is 46.0. The fraction of sp³-hybridized carbons (Fsp3) is 0.889. The Labute approximate surface area is 97.0 Å². The smallest absolute Gasteiger partial charge is 0.332 e. The van der Waals surface area contributed by atoms with Crippen LogP contribution in [0.2, 0.25) is 0 Å². The molecule has 0 radical (unpaired) electrons. The molecule has 1 fully saturated rings. The number of hydrogen-bond donors (Lipinski definition) is 5. The summed E-state index contributed by atoms with van der Waals surface area (Å²) in [5.74, 6) is -1.27. The molecule has 5 N–H and O–H groups in total. The van der Waals surface area contributed by atoms with E-state index in [1.807, 2.05) is 0 Å². The van der Waals surface area contributed by atoms with Crippen molar-refractivity contribution in [3.63, 3.8) is 0 Å². The van der Waals surface area contributed by atoms with Crippen molar-refractivity contribution in [3.8, 4) is 0 Å². The summed E-state index contributed by atoms with van der Waals surface area (Å²) in [6.45, 7) is 0.629. The molecule has 0 amide bonds. The Hall–Kier alpha value is -0.770. The van der Waals surface area contributed by atoms with Crippen LogP contribution in [0.3, 0.4) is 0 Å². The summed E-state index contributed by atoms with van der Waals surface area (Å²) in [6, 6.07) is 0. The molecule has 8 heteroatoms. The van der Waals surface area contributed by atoms with E-state index in [1.54, 1.807) is 0 Å². The van der Waals surface area contributed by atoms with Crippen molar-refractivity contribution in [2.24, 2.45) is 0 Å². The van der Waals surface area contributed by atoms with Crippen molar-refractivity contribution in [2.45, 2.75) is 43.7 Å². The van der Waals surface area contributed by atoms with E-state index >= 15 is 0 Å². The minimum absolute atomic E-state index is 0.591. The fourth-order valence-corrected chi connectivity index (χ4v) is 1.52. The Balaban J connectivity index is 2.74. The molecule has 6 atom stereocenters. The second kappa shape index (κ2) is 5.71. The summed E-state index contributed by atoms with van der Waals surface area (Å²) in [7, 11) is 0. The van der Waals surface area contributed by atoms with Gasteiger partial charge in [0.1, 0.15) is 24.4 Å². The predicted molar refractivity (Wildman–Crippen MR) is 52.0 cm³/mol. The number of aliphatic carboxylic acids is 1. The van der Waals surface area contributed by atoms with Gasteiger partial charge in [0.05, 0.1) is 6.61 Å². The predicted octanol–water partition coefficient (Wildman–Crippen LogP) is -2.72. The average Bonchev–Trinajstić information content (AvgIpc) is 2.28. The van der Waals surface area contributed by atoms with Gasteiger partial charge >= 0.3 is 5.97 Å². The van der Waals surface area contributed by atoms with Crippen LogP contribution in [0.5, 0.6) is 0 Å². The first-order chi connectivity index (χ1) is 7.88. The highest BCUT2D eigenvalue weighted by Gasteiger charge is 2.45. The number of carboxylic acid groups (broad SMARTS) is 1. The molecule has 1 rings (SSSR count). The lowest BCUT2D eigenvalue weighted by atomic mass is 9.99. The number of rotatable bonds is 4. The van der Waals surface area contributed by atoms with Crippen LogP contribution in [0.4, 0.5) is 0 Å². The summed E-state index contributed by atoms with van der Waals surface area (Å²) in [6.07, 6.45) is -8.42. The molecule has 0 aromatic rings. The highest BCUT2D eigenvalue weighted by atomic mass is 16.6. The van der Waals surface area contributed by atoms with Crippen molar-refractivity contribution >= 4 is 5.97 Å². The van der Waals surface area contributed by atoms with Gasteiger partial charge in [0.25, 0.3) is 0 Å². The van der Waals surface area contributed by atoms with Gasteiger partial charge in [0.2, 0.25) is 0 Å². The van der Waals surface area contributed by atoms with Crippen LogP contribution in [-0.4, -0.2) is 74.9 Å². The molecule has 0 saturated carbocycles. The largest absolute Gasteiger partial charge is 0.479 e. The minimum Gasteiger partial charge on any atom is -0.479 e. The van der Waals surface area contributed by atoms with E-state index in [0.29, 0.717) is 0 Å². The maximum absolute atomic E-state index is 10.6. The number of aliphatic hydroxyl groups is 4. The number of carboxylic acids is 1. The summed E-state index contributed by atoms with van der Waals surface area (Å²) < 4.78 is 9.64. The van der Waals surface area contributed by atoms with Crippen molar-refractivity contribution < 1.29 is 39.8 Å². The molecule has 1 heterocycles. The second-order valence-electron chi connectivity index (χ2n) is 3.81. The third kappa shape index (κ3) is 3.12. The first-order valence-electron chi connectivity index (χ1n) is 5.07. The zero-order valence-corrected chi connectivity index (χ0v) is 9.13. The third-order valence-electron chi connectivity index (χ3n) is 2.55. The number of ether oxygens (including phenoxy) is 2. The molecule has 0 aliphatic carbocycles. The van der Waals surface area contributed by atoms with Crippen LogP contribution in [0.1, 0.15) is 6.92 Å². The highest BCUT2D eigenvalue weighted by Crippen LogP contribution is 2.23. The van der Waals surface area contributed by atoms with Crippen molar-refractivity contribution in [1.82, 2.24) is 0 Å². The van der Waals surface area contributed by atoms with Gasteiger partial charge < -0.3 is 35.0 Å². The Morgan fingerprint density at radius 3 is 2.41 bits per heavy atom. The van der Waals surface area contributed by atoms with E-state index in [0.717, 1.165) is 0 Å². The van der Waals surface area contributed by atoms with Crippen molar-refractivity contribution in [1.29, 1.82) is 0 Å². The Bertz CT molecular complexity index is 270. The quantitative estimate of drug-likeness (QED) is 0.364. The molecule has 100 valence electrons. The average molecular weight is 252 g/mol. The van der Waals surface area contributed by atoms with E-state index in [4.69, 9.17) is 19.7 Å². The molecule has 0 unspecified atom stereocenters. The lowest BCUT2D eigenvalue weighted by Gasteiger charge is -2.40. The summed E-state index contributed by atoms with van der Waals surface area (Å²) in [5.41, 5.74) is 0. The molecule has 0 aromatic carbocycles. The number of aliphatic hydroxyl groups excluding tert-OH is 4. The zero-order valence-electron chi connectivity index (χ0n) is 9.13. The van der Waals surface area contributed by atoms with Gasteiger partial charge in [-0.15, -0.1) is 0 Å². The van der Waals surface area contributed by atoms with E-state index in [1.165, 1.54) is 6.92 Å². The molecule has 17 heavy (non-hydrogen) atoms. The maximum Gasteiger partial charge on any atom is 0.332 e. The van der Waals surface area contributed by atoms with Gasteiger partial charge in [-0.05, 0) is 6.92 Å². The van der Waals surface area contributed by atoms with E-state index < -0.39 is 49.4 Å². The first-order valence-corrected chi connectivity index (χ1v) is 5.07. The Morgan fingerprint density at radius 2 is 1.94 bits per heavy atom. The van der Waals surface area contributed by atoms with Gasteiger partial charge in [0.15, 0.2) is 12.4 Å². The summed E-state index contributed by atoms with van der Waals surface area (Å²) in [4.78, 5) is 10.6. The normalized spacial score (nSPS) is 39.9. The van der Waals surface area contributed by atoms with Crippen LogP contribution >= 0.6 is 0 Å². The molecule has 8 nitrogen and oxygen atoms in total. The van der Waals surface area contributed by atoms with Crippen LogP contribution in [0.15, 0.2) is 0 Å². The van der Waals surface area contributed by atoms with Crippen molar-refractivity contribution in [2.75, 3.05) is 6.61 Å². The van der Waals surface area contributed by atoms with Crippen LogP contribution in [0, 0.1) is 0 Å². The molecule has 1 saturated heterocycles. The van der Waals surface area contributed by atoms with E-state index in [-0.39, 0.29) is 0 Å². The van der Waals surface area contributed by atoms with Gasteiger partial charge in [0, 0.05) is 0 Å². The van der Waals surface area contributed by atoms with Gasteiger partial charge in [-0.3, -0.25) is 0 Å². The number of hydrogen-bond acceptors (Lipinski definition) is 7. The zero-order chi connectivity index (χ0) is 13.2. The third-order valence-corrected chi connectivity index (χ3v) is 2.55. The standard InChI is InChI=1S/C9H16O8/c1-3(8(13)14)16-7-5(11)4(2-10)17-9(15)6(7)12/h3-7,9-12,15H,2H2,1H3,(H,13,14)/t3-,4-,5-,6-,7+,9+/m1/s1. The summed E-state index contributed by atoms with van der Waals surface area (Å²) >= 11 is 0. The highest BCUT2D eigenvalue weighted by molar-refractivity contribution is 5.71. The fourth-order valence-electron chi connectivity index (χ4n) is 1.52. The molecule has 0 bridgehead atoms. The monoisotopic (exact) mass is 252 g/mol.